The Hall–Kier alpha value is -1.39. The molecule has 1 atom stereocenters. The molecule has 3 nitrogen and oxygen atoms in total. The minimum absolute atomic E-state index is 0.0416. The molecule has 114 valence electrons. The van der Waals surface area contributed by atoms with Gasteiger partial charge in [-0.15, -0.1) is 0 Å². The fraction of sp³-hybridized carbons (Fsp3) is 0.438. The van der Waals surface area contributed by atoms with E-state index in [1.54, 1.807) is 11.0 Å². The Morgan fingerprint density at radius 1 is 1.43 bits per heavy atom. The summed E-state index contributed by atoms with van der Waals surface area (Å²) in [5.74, 6) is -0.670. The second-order valence-corrected chi connectivity index (χ2v) is 5.59. The molecular formula is C16H19ClFNO2. The average Bonchev–Trinajstić information content (AvgIpc) is 2.71. The molecule has 1 amide bonds. The average molecular weight is 312 g/mol. The summed E-state index contributed by atoms with van der Waals surface area (Å²) in [6.07, 6.45) is 6.53. The first kappa shape index (κ1) is 16.0. The van der Waals surface area contributed by atoms with Crippen LogP contribution in [-0.2, 0) is 4.79 Å². The quantitative estimate of drug-likeness (QED) is 0.871. The molecule has 5 heteroatoms. The van der Waals surface area contributed by atoms with Crippen LogP contribution in [0.1, 0.15) is 31.2 Å². The number of likely N-dealkylation sites (tertiary alicyclic amines) is 1. The third-order valence-electron chi connectivity index (χ3n) is 3.76. The second-order valence-electron chi connectivity index (χ2n) is 5.19. The summed E-state index contributed by atoms with van der Waals surface area (Å²) < 4.78 is 13.7. The van der Waals surface area contributed by atoms with Gasteiger partial charge in [0.2, 0.25) is 5.91 Å². The molecule has 1 aliphatic rings. The number of nitrogens with zero attached hydrogens (tertiary/aromatic N) is 1. The number of amides is 1. The number of carbonyl (C=O) groups is 1. The first-order chi connectivity index (χ1) is 10.1. The first-order valence-corrected chi connectivity index (χ1v) is 7.55. The molecule has 0 radical (unpaired) electrons. The lowest BCUT2D eigenvalue weighted by atomic mass is 10.1. The van der Waals surface area contributed by atoms with E-state index in [1.165, 1.54) is 24.3 Å². The van der Waals surface area contributed by atoms with Crippen molar-refractivity contribution in [2.45, 2.75) is 31.7 Å². The van der Waals surface area contributed by atoms with Crippen molar-refractivity contribution in [3.63, 3.8) is 0 Å². The number of rotatable bonds is 3. The number of halogens is 2. The molecule has 1 heterocycles. The van der Waals surface area contributed by atoms with E-state index in [4.69, 9.17) is 11.6 Å². The van der Waals surface area contributed by atoms with Gasteiger partial charge in [0.1, 0.15) is 5.82 Å². The van der Waals surface area contributed by atoms with Gasteiger partial charge in [0.05, 0.1) is 17.7 Å². The lowest BCUT2D eigenvalue weighted by Gasteiger charge is -2.27. The van der Waals surface area contributed by atoms with E-state index in [2.05, 4.69) is 0 Å². The highest BCUT2D eigenvalue weighted by atomic mass is 35.5. The van der Waals surface area contributed by atoms with Crippen molar-refractivity contribution in [3.8, 4) is 0 Å². The predicted octanol–water partition coefficient (Wildman–Crippen LogP) is 3.26. The minimum atomic E-state index is -0.457. The molecule has 1 aromatic rings. The molecule has 0 aliphatic carbocycles. The molecule has 0 aromatic heterocycles. The Balaban J connectivity index is 2.14. The van der Waals surface area contributed by atoms with Crippen LogP contribution in [0.5, 0.6) is 0 Å². The van der Waals surface area contributed by atoms with Gasteiger partial charge < -0.3 is 10.0 Å². The van der Waals surface area contributed by atoms with E-state index >= 15 is 0 Å². The minimum Gasteiger partial charge on any atom is -0.394 e. The number of aliphatic hydroxyl groups is 1. The fourth-order valence-corrected chi connectivity index (χ4v) is 2.80. The molecule has 2 rings (SSSR count). The van der Waals surface area contributed by atoms with Gasteiger partial charge in [0.25, 0.3) is 0 Å². The lowest BCUT2D eigenvalue weighted by molar-refractivity contribution is -0.129. The second kappa shape index (κ2) is 7.57. The van der Waals surface area contributed by atoms with Crippen LogP contribution in [0.2, 0.25) is 5.02 Å². The van der Waals surface area contributed by atoms with Crippen LogP contribution < -0.4 is 0 Å². The van der Waals surface area contributed by atoms with Crippen molar-refractivity contribution in [2.24, 2.45) is 0 Å². The number of benzene rings is 1. The highest BCUT2D eigenvalue weighted by Gasteiger charge is 2.23. The highest BCUT2D eigenvalue weighted by molar-refractivity contribution is 6.32. The monoisotopic (exact) mass is 311 g/mol. The summed E-state index contributed by atoms with van der Waals surface area (Å²) in [5, 5.41) is 9.68. The molecule has 0 spiro atoms. The molecule has 1 N–H and O–H groups in total. The van der Waals surface area contributed by atoms with Gasteiger partial charge >= 0.3 is 0 Å². The maximum atomic E-state index is 13.7. The van der Waals surface area contributed by atoms with Crippen molar-refractivity contribution >= 4 is 23.6 Å². The van der Waals surface area contributed by atoms with Gasteiger partial charge in [-0.3, -0.25) is 4.79 Å². The van der Waals surface area contributed by atoms with Crippen LogP contribution in [0.4, 0.5) is 4.39 Å². The molecule has 1 saturated heterocycles. The summed E-state index contributed by atoms with van der Waals surface area (Å²) in [6, 6.07) is 4.25. The van der Waals surface area contributed by atoms with Gasteiger partial charge in [-0.25, -0.2) is 4.39 Å². The van der Waals surface area contributed by atoms with Gasteiger partial charge in [-0.2, -0.15) is 0 Å². The Morgan fingerprint density at radius 3 is 2.95 bits per heavy atom. The van der Waals surface area contributed by atoms with E-state index in [9.17, 15) is 14.3 Å². The number of hydrogen-bond acceptors (Lipinski definition) is 2. The fourth-order valence-electron chi connectivity index (χ4n) is 2.58. The largest absolute Gasteiger partial charge is 0.394 e. The highest BCUT2D eigenvalue weighted by Crippen LogP contribution is 2.21. The van der Waals surface area contributed by atoms with E-state index in [0.29, 0.717) is 6.54 Å². The Morgan fingerprint density at radius 2 is 2.24 bits per heavy atom. The van der Waals surface area contributed by atoms with E-state index < -0.39 is 5.82 Å². The summed E-state index contributed by atoms with van der Waals surface area (Å²) in [6.45, 7) is 0.583. The van der Waals surface area contributed by atoms with Crippen molar-refractivity contribution in [1.29, 1.82) is 0 Å². The van der Waals surface area contributed by atoms with E-state index in [1.807, 2.05) is 0 Å². The molecular weight excluding hydrogens is 293 g/mol. The third kappa shape index (κ3) is 4.05. The third-order valence-corrected chi connectivity index (χ3v) is 4.09. The van der Waals surface area contributed by atoms with E-state index in [-0.39, 0.29) is 29.1 Å². The molecule has 1 aromatic carbocycles. The predicted molar refractivity (Wildman–Crippen MR) is 81.5 cm³/mol. The summed E-state index contributed by atoms with van der Waals surface area (Å²) in [4.78, 5) is 13.9. The van der Waals surface area contributed by atoms with Gasteiger partial charge in [0.15, 0.2) is 0 Å². The van der Waals surface area contributed by atoms with Crippen LogP contribution >= 0.6 is 11.6 Å². The number of carbonyl (C=O) groups excluding carboxylic acids is 1. The van der Waals surface area contributed by atoms with Gasteiger partial charge in [-0.1, -0.05) is 30.5 Å². The van der Waals surface area contributed by atoms with Gasteiger partial charge in [-0.05, 0) is 31.1 Å². The van der Waals surface area contributed by atoms with Crippen LogP contribution in [0.15, 0.2) is 24.3 Å². The van der Waals surface area contributed by atoms with Crippen LogP contribution in [0.25, 0.3) is 6.08 Å². The summed E-state index contributed by atoms with van der Waals surface area (Å²) in [5.41, 5.74) is 0.211. The topological polar surface area (TPSA) is 40.5 Å². The van der Waals surface area contributed by atoms with E-state index in [0.717, 1.165) is 25.7 Å². The molecule has 0 bridgehead atoms. The maximum Gasteiger partial charge on any atom is 0.246 e. The summed E-state index contributed by atoms with van der Waals surface area (Å²) in [7, 11) is 0. The number of aliphatic hydroxyl groups excluding tert-OH is 1. The molecule has 21 heavy (non-hydrogen) atoms. The summed E-state index contributed by atoms with van der Waals surface area (Å²) >= 11 is 5.92. The van der Waals surface area contributed by atoms with Crippen LogP contribution in [0.3, 0.4) is 0 Å². The molecule has 0 saturated carbocycles. The van der Waals surface area contributed by atoms with Crippen molar-refractivity contribution < 1.29 is 14.3 Å². The smallest absolute Gasteiger partial charge is 0.246 e. The molecule has 1 aliphatic heterocycles. The van der Waals surface area contributed by atoms with Gasteiger partial charge in [0, 0.05) is 18.2 Å². The number of hydrogen-bond donors (Lipinski definition) is 1. The molecule has 1 fully saturated rings. The van der Waals surface area contributed by atoms with Crippen molar-refractivity contribution in [2.75, 3.05) is 13.2 Å². The Kier molecular flexibility index (Phi) is 5.76. The molecule has 1 unspecified atom stereocenters. The zero-order valence-electron chi connectivity index (χ0n) is 11.8. The SMILES string of the molecule is O=C(/C=C/c1c(F)cccc1Cl)N1CCCCCC1CO. The Labute approximate surface area is 129 Å². The standard InChI is InChI=1S/C16H19ClFNO2/c17-14-6-4-7-15(18)13(14)8-9-16(21)19-10-3-1-2-5-12(19)11-20/h4,6-9,12,20H,1-3,5,10-11H2/b9-8+. The maximum absolute atomic E-state index is 13.7. The van der Waals surface area contributed by atoms with Crippen molar-refractivity contribution in [3.05, 3.63) is 40.7 Å². The first-order valence-electron chi connectivity index (χ1n) is 7.17. The normalized spacial score (nSPS) is 19.8. The van der Waals surface area contributed by atoms with Crippen LogP contribution in [0, 0.1) is 5.82 Å². The zero-order chi connectivity index (χ0) is 15.2. The Bertz CT molecular complexity index is 513. The lowest BCUT2D eigenvalue weighted by Crippen LogP contribution is -2.41. The van der Waals surface area contributed by atoms with Crippen molar-refractivity contribution in [1.82, 2.24) is 4.90 Å². The zero-order valence-corrected chi connectivity index (χ0v) is 12.5. The van der Waals surface area contributed by atoms with Crippen LogP contribution in [-0.4, -0.2) is 35.1 Å².